The average Bonchev–Trinajstić information content (AvgIpc) is 2.27. The molecule has 5 heteroatoms. The maximum Gasteiger partial charge on any atom is 0.240 e. The highest BCUT2D eigenvalue weighted by atomic mass is 32.2. The van der Waals surface area contributed by atoms with Crippen molar-refractivity contribution in [3.05, 3.63) is 29.8 Å². The van der Waals surface area contributed by atoms with E-state index >= 15 is 0 Å². The summed E-state index contributed by atoms with van der Waals surface area (Å²) in [5.74, 6) is 0. The Bertz CT molecular complexity index is 463. The number of methoxy groups -OCH3 is 1. The van der Waals surface area contributed by atoms with Gasteiger partial charge in [-0.05, 0) is 32.9 Å². The van der Waals surface area contributed by atoms with Gasteiger partial charge in [0.25, 0.3) is 0 Å². The summed E-state index contributed by atoms with van der Waals surface area (Å²) in [6, 6.07) is 6.74. The topological polar surface area (TPSA) is 55.4 Å². The Morgan fingerprint density at radius 1 is 1.24 bits per heavy atom. The molecule has 0 saturated carbocycles. The van der Waals surface area contributed by atoms with Gasteiger partial charge < -0.3 is 4.74 Å². The van der Waals surface area contributed by atoms with Gasteiger partial charge in [0.2, 0.25) is 10.0 Å². The van der Waals surface area contributed by atoms with Gasteiger partial charge in [-0.2, -0.15) is 0 Å². The fourth-order valence-electron chi connectivity index (χ4n) is 1.14. The van der Waals surface area contributed by atoms with Crippen molar-refractivity contribution in [1.82, 2.24) is 4.72 Å². The molecule has 0 radical (unpaired) electrons. The second-order valence-electron chi connectivity index (χ2n) is 4.60. The van der Waals surface area contributed by atoms with Gasteiger partial charge >= 0.3 is 0 Å². The van der Waals surface area contributed by atoms with E-state index in [4.69, 9.17) is 4.74 Å². The highest BCUT2D eigenvalue weighted by Gasteiger charge is 2.21. The zero-order valence-corrected chi connectivity index (χ0v) is 11.5. The number of benzene rings is 1. The molecule has 17 heavy (non-hydrogen) atoms. The first-order chi connectivity index (χ1) is 7.77. The standard InChI is InChI=1S/C12H19NO3S/c1-10-5-7-11(8-6-10)17(14,15)13-9-12(2,3)16-4/h5-8,13H,9H2,1-4H3. The number of nitrogens with one attached hydrogen (secondary N) is 1. The maximum atomic E-state index is 11.9. The number of ether oxygens (including phenoxy) is 1. The molecule has 0 atom stereocenters. The van der Waals surface area contributed by atoms with Crippen LogP contribution in [-0.2, 0) is 14.8 Å². The summed E-state index contributed by atoms with van der Waals surface area (Å²) >= 11 is 0. The highest BCUT2D eigenvalue weighted by Crippen LogP contribution is 2.12. The van der Waals surface area contributed by atoms with Crippen LogP contribution >= 0.6 is 0 Å². The van der Waals surface area contributed by atoms with E-state index < -0.39 is 15.6 Å². The fourth-order valence-corrected chi connectivity index (χ4v) is 2.34. The molecule has 1 aromatic carbocycles. The summed E-state index contributed by atoms with van der Waals surface area (Å²) in [7, 11) is -1.89. The smallest absolute Gasteiger partial charge is 0.240 e. The zero-order chi connectivity index (χ0) is 13.1. The van der Waals surface area contributed by atoms with Crippen LogP contribution in [0, 0.1) is 6.92 Å². The Balaban J connectivity index is 2.79. The first-order valence-electron chi connectivity index (χ1n) is 5.38. The van der Waals surface area contributed by atoms with Crippen LogP contribution in [0.1, 0.15) is 19.4 Å². The lowest BCUT2D eigenvalue weighted by Gasteiger charge is -2.23. The summed E-state index contributed by atoms with van der Waals surface area (Å²) in [4.78, 5) is 0.273. The Hall–Kier alpha value is -0.910. The second-order valence-corrected chi connectivity index (χ2v) is 6.37. The van der Waals surface area contributed by atoms with E-state index in [1.54, 1.807) is 31.4 Å². The zero-order valence-electron chi connectivity index (χ0n) is 10.6. The van der Waals surface area contributed by atoms with Crippen LogP contribution < -0.4 is 4.72 Å². The Kier molecular flexibility index (Phi) is 4.30. The molecule has 0 unspecified atom stereocenters. The van der Waals surface area contributed by atoms with Crippen molar-refractivity contribution in [3.8, 4) is 0 Å². The van der Waals surface area contributed by atoms with Crippen LogP contribution in [0.2, 0.25) is 0 Å². The van der Waals surface area contributed by atoms with Crippen LogP contribution in [0.5, 0.6) is 0 Å². The molecule has 0 aromatic heterocycles. The van der Waals surface area contributed by atoms with Gasteiger partial charge in [-0.25, -0.2) is 13.1 Å². The molecule has 1 rings (SSSR count). The quantitative estimate of drug-likeness (QED) is 0.873. The molecule has 0 aliphatic rings. The Labute approximate surface area is 103 Å². The molecular weight excluding hydrogens is 238 g/mol. The van der Waals surface area contributed by atoms with Crippen molar-refractivity contribution in [1.29, 1.82) is 0 Å². The van der Waals surface area contributed by atoms with Gasteiger partial charge in [-0.3, -0.25) is 0 Å². The largest absolute Gasteiger partial charge is 0.377 e. The SMILES string of the molecule is COC(C)(C)CNS(=O)(=O)c1ccc(C)cc1. The second kappa shape index (κ2) is 5.16. The molecular formula is C12H19NO3S. The average molecular weight is 257 g/mol. The van der Waals surface area contributed by atoms with E-state index in [-0.39, 0.29) is 11.4 Å². The van der Waals surface area contributed by atoms with Gasteiger partial charge in [0.1, 0.15) is 0 Å². The normalized spacial score (nSPS) is 12.7. The lowest BCUT2D eigenvalue weighted by atomic mass is 10.1. The lowest BCUT2D eigenvalue weighted by Crippen LogP contribution is -2.39. The molecule has 0 aliphatic heterocycles. The molecule has 0 heterocycles. The third-order valence-corrected chi connectivity index (χ3v) is 3.99. The Morgan fingerprint density at radius 2 is 1.76 bits per heavy atom. The van der Waals surface area contributed by atoms with Crippen LogP contribution in [-0.4, -0.2) is 27.7 Å². The van der Waals surface area contributed by atoms with Crippen molar-refractivity contribution in [2.45, 2.75) is 31.3 Å². The van der Waals surface area contributed by atoms with Gasteiger partial charge in [0.05, 0.1) is 10.5 Å². The maximum absolute atomic E-state index is 11.9. The van der Waals surface area contributed by atoms with Crippen molar-refractivity contribution >= 4 is 10.0 Å². The molecule has 4 nitrogen and oxygen atoms in total. The van der Waals surface area contributed by atoms with Crippen LogP contribution in [0.25, 0.3) is 0 Å². The van der Waals surface area contributed by atoms with E-state index in [0.29, 0.717) is 0 Å². The monoisotopic (exact) mass is 257 g/mol. The van der Waals surface area contributed by atoms with Crippen molar-refractivity contribution in [2.75, 3.05) is 13.7 Å². The van der Waals surface area contributed by atoms with Crippen LogP contribution in [0.15, 0.2) is 29.2 Å². The highest BCUT2D eigenvalue weighted by molar-refractivity contribution is 7.89. The summed E-state index contributed by atoms with van der Waals surface area (Å²) in [5.41, 5.74) is 0.513. The summed E-state index contributed by atoms with van der Waals surface area (Å²) < 4.78 is 31.6. The first kappa shape index (κ1) is 14.2. The van der Waals surface area contributed by atoms with Crippen molar-refractivity contribution in [2.24, 2.45) is 0 Å². The van der Waals surface area contributed by atoms with Gasteiger partial charge in [-0.15, -0.1) is 0 Å². The fraction of sp³-hybridized carbons (Fsp3) is 0.500. The molecule has 1 aromatic rings. The lowest BCUT2D eigenvalue weighted by molar-refractivity contribution is 0.0276. The van der Waals surface area contributed by atoms with E-state index in [9.17, 15) is 8.42 Å². The summed E-state index contributed by atoms with van der Waals surface area (Å²) in [6.07, 6.45) is 0. The Morgan fingerprint density at radius 3 is 2.24 bits per heavy atom. The summed E-state index contributed by atoms with van der Waals surface area (Å²) in [6.45, 7) is 5.80. The minimum absolute atomic E-state index is 0.236. The first-order valence-corrected chi connectivity index (χ1v) is 6.87. The van der Waals surface area contributed by atoms with E-state index in [1.165, 1.54) is 0 Å². The number of rotatable bonds is 5. The molecule has 1 N–H and O–H groups in total. The number of hydrogen-bond donors (Lipinski definition) is 1. The predicted molar refractivity (Wildman–Crippen MR) is 67.5 cm³/mol. The minimum atomic E-state index is -3.45. The third-order valence-electron chi connectivity index (χ3n) is 2.57. The number of sulfonamides is 1. The van der Waals surface area contributed by atoms with Crippen LogP contribution in [0.4, 0.5) is 0 Å². The molecule has 0 fully saturated rings. The molecule has 0 aliphatic carbocycles. The van der Waals surface area contributed by atoms with E-state index in [2.05, 4.69) is 4.72 Å². The van der Waals surface area contributed by atoms with Gasteiger partial charge in [0.15, 0.2) is 0 Å². The molecule has 0 bridgehead atoms. The number of aryl methyl sites for hydroxylation is 1. The molecule has 0 saturated heterocycles. The molecule has 0 amide bonds. The van der Waals surface area contributed by atoms with Crippen molar-refractivity contribution < 1.29 is 13.2 Å². The molecule has 0 spiro atoms. The third kappa shape index (κ3) is 4.11. The predicted octanol–water partition coefficient (Wildman–Crippen LogP) is 1.70. The van der Waals surface area contributed by atoms with Gasteiger partial charge in [0, 0.05) is 13.7 Å². The molecule has 96 valence electrons. The van der Waals surface area contributed by atoms with Gasteiger partial charge in [-0.1, -0.05) is 17.7 Å². The van der Waals surface area contributed by atoms with E-state index in [0.717, 1.165) is 5.56 Å². The van der Waals surface area contributed by atoms with E-state index in [1.807, 2.05) is 20.8 Å². The van der Waals surface area contributed by atoms with Crippen LogP contribution in [0.3, 0.4) is 0 Å². The summed E-state index contributed by atoms with van der Waals surface area (Å²) in [5, 5.41) is 0. The number of hydrogen-bond acceptors (Lipinski definition) is 3. The minimum Gasteiger partial charge on any atom is -0.377 e. The van der Waals surface area contributed by atoms with Crippen molar-refractivity contribution in [3.63, 3.8) is 0 Å².